The summed E-state index contributed by atoms with van der Waals surface area (Å²) >= 11 is 1.50. The Labute approximate surface area is 156 Å². The monoisotopic (exact) mass is 368 g/mol. The summed E-state index contributed by atoms with van der Waals surface area (Å²) in [4.78, 5) is 5.72. The molecule has 0 radical (unpaired) electrons. The van der Waals surface area contributed by atoms with Gasteiger partial charge in [-0.2, -0.15) is 0 Å². The highest BCUT2D eigenvalue weighted by atomic mass is 32.1. The van der Waals surface area contributed by atoms with Crippen molar-refractivity contribution < 1.29 is 9.47 Å². The van der Waals surface area contributed by atoms with Crippen LogP contribution < -0.4 is 20.1 Å². The molecule has 6 nitrogen and oxygen atoms in total. The Morgan fingerprint density at radius 3 is 1.96 bits per heavy atom. The lowest BCUT2D eigenvalue weighted by Crippen LogP contribution is -2.25. The van der Waals surface area contributed by atoms with Gasteiger partial charge in [0.2, 0.25) is 0 Å². The maximum atomic E-state index is 7.78. The molecule has 0 saturated heterocycles. The molecule has 1 aromatic heterocycles. The lowest BCUT2D eigenvalue weighted by Gasteiger charge is -2.05. The number of aromatic nitrogens is 1. The summed E-state index contributed by atoms with van der Waals surface area (Å²) in [5.41, 5.74) is 2.88. The zero-order chi connectivity index (χ0) is 18.5. The maximum absolute atomic E-state index is 7.78. The summed E-state index contributed by atoms with van der Waals surface area (Å²) in [6, 6.07) is 15.6. The van der Waals surface area contributed by atoms with E-state index in [0.29, 0.717) is 5.13 Å². The highest BCUT2D eigenvalue weighted by Gasteiger charge is 2.16. The smallest absolute Gasteiger partial charge is 0.194 e. The van der Waals surface area contributed by atoms with E-state index in [4.69, 9.17) is 19.9 Å². The molecule has 0 aliphatic carbocycles. The average Bonchev–Trinajstić information content (AvgIpc) is 3.11. The normalized spacial score (nSPS) is 10.3. The molecule has 134 valence electrons. The van der Waals surface area contributed by atoms with Gasteiger partial charge in [0, 0.05) is 12.6 Å². The third-order valence-corrected chi connectivity index (χ3v) is 4.84. The Morgan fingerprint density at radius 1 is 0.923 bits per heavy atom. The summed E-state index contributed by atoms with van der Waals surface area (Å²) in [6.07, 6.45) is 0. The molecule has 0 spiro atoms. The van der Waals surface area contributed by atoms with E-state index in [9.17, 15) is 0 Å². The molecule has 1 heterocycles. The first kappa shape index (κ1) is 17.8. The van der Waals surface area contributed by atoms with Crippen LogP contribution in [0.2, 0.25) is 0 Å². The lowest BCUT2D eigenvalue weighted by molar-refractivity contribution is 0.414. The lowest BCUT2D eigenvalue weighted by atomic mass is 10.1. The highest BCUT2D eigenvalue weighted by Crippen LogP contribution is 2.39. The molecule has 7 heteroatoms. The fraction of sp³-hybridized carbons (Fsp3) is 0.158. The van der Waals surface area contributed by atoms with Crippen LogP contribution in [0, 0.1) is 5.41 Å². The van der Waals surface area contributed by atoms with Gasteiger partial charge >= 0.3 is 0 Å². The van der Waals surface area contributed by atoms with E-state index < -0.39 is 0 Å². The molecule has 3 rings (SSSR count). The zero-order valence-electron chi connectivity index (χ0n) is 14.8. The van der Waals surface area contributed by atoms with Crippen molar-refractivity contribution in [3.05, 3.63) is 48.5 Å². The third kappa shape index (κ3) is 3.78. The van der Waals surface area contributed by atoms with Crippen molar-refractivity contribution in [2.75, 3.05) is 26.6 Å². The van der Waals surface area contributed by atoms with Crippen LogP contribution in [0.4, 0.5) is 5.13 Å². The fourth-order valence-corrected chi connectivity index (χ4v) is 3.42. The first-order chi connectivity index (χ1) is 12.6. The largest absolute Gasteiger partial charge is 0.497 e. The minimum absolute atomic E-state index is 0.196. The number of nitrogens with one attached hydrogen (secondary N) is 3. The SMILES string of the molecule is CNC(=N)Nc1nc(-c2ccc(OC)cc2)c(-c2ccc(OC)cc2)s1. The van der Waals surface area contributed by atoms with Crippen molar-refractivity contribution in [1.82, 2.24) is 10.3 Å². The van der Waals surface area contributed by atoms with Crippen LogP contribution in [-0.4, -0.2) is 32.2 Å². The number of nitrogens with zero attached hydrogens (tertiary/aromatic N) is 1. The minimum Gasteiger partial charge on any atom is -0.497 e. The van der Waals surface area contributed by atoms with E-state index in [2.05, 4.69) is 10.6 Å². The van der Waals surface area contributed by atoms with E-state index >= 15 is 0 Å². The van der Waals surface area contributed by atoms with Crippen molar-refractivity contribution in [3.63, 3.8) is 0 Å². The van der Waals surface area contributed by atoms with Crippen molar-refractivity contribution in [2.45, 2.75) is 0 Å². The van der Waals surface area contributed by atoms with E-state index in [1.54, 1.807) is 21.3 Å². The standard InChI is InChI=1S/C19H20N4O2S/c1-21-18(20)23-19-22-16(12-4-8-14(24-2)9-5-12)17(26-19)13-6-10-15(25-3)11-7-13/h4-11H,1-3H3,(H3,20,21,22,23). The summed E-state index contributed by atoms with van der Waals surface area (Å²) in [5.74, 6) is 1.80. The van der Waals surface area contributed by atoms with Crippen LogP contribution in [0.15, 0.2) is 48.5 Å². The molecular weight excluding hydrogens is 348 g/mol. The van der Waals surface area contributed by atoms with Gasteiger partial charge in [-0.25, -0.2) is 4.98 Å². The molecule has 0 fully saturated rings. The molecule has 0 aliphatic rings. The number of methoxy groups -OCH3 is 2. The molecule has 26 heavy (non-hydrogen) atoms. The highest BCUT2D eigenvalue weighted by molar-refractivity contribution is 7.19. The van der Waals surface area contributed by atoms with Crippen LogP contribution in [-0.2, 0) is 0 Å². The zero-order valence-corrected chi connectivity index (χ0v) is 15.6. The van der Waals surface area contributed by atoms with Gasteiger partial charge < -0.3 is 20.1 Å². The van der Waals surface area contributed by atoms with Gasteiger partial charge in [-0.3, -0.25) is 5.41 Å². The molecule has 0 unspecified atom stereocenters. The van der Waals surface area contributed by atoms with E-state index in [-0.39, 0.29) is 5.96 Å². The predicted molar refractivity (Wildman–Crippen MR) is 106 cm³/mol. The molecule has 3 N–H and O–H groups in total. The number of anilines is 1. The van der Waals surface area contributed by atoms with Crippen molar-refractivity contribution in [2.24, 2.45) is 0 Å². The summed E-state index contributed by atoms with van der Waals surface area (Å²) < 4.78 is 10.5. The number of hydrogen-bond acceptors (Lipinski definition) is 5. The number of ether oxygens (including phenoxy) is 2. The van der Waals surface area contributed by atoms with Crippen LogP contribution in [0.5, 0.6) is 11.5 Å². The number of rotatable bonds is 5. The number of guanidine groups is 1. The maximum Gasteiger partial charge on any atom is 0.194 e. The molecule has 2 aromatic carbocycles. The van der Waals surface area contributed by atoms with Gasteiger partial charge in [-0.1, -0.05) is 11.3 Å². The van der Waals surface area contributed by atoms with E-state index in [0.717, 1.165) is 33.2 Å². The minimum atomic E-state index is 0.196. The third-order valence-electron chi connectivity index (χ3n) is 3.82. The Kier molecular flexibility index (Phi) is 5.38. The quantitative estimate of drug-likeness (QED) is 0.467. The Morgan fingerprint density at radius 2 is 1.46 bits per heavy atom. The Balaban J connectivity index is 2.05. The summed E-state index contributed by atoms with van der Waals surface area (Å²) in [6.45, 7) is 0. The van der Waals surface area contributed by atoms with Crippen molar-refractivity contribution in [1.29, 1.82) is 5.41 Å². The first-order valence-corrected chi connectivity index (χ1v) is 8.79. The van der Waals surface area contributed by atoms with Crippen LogP contribution >= 0.6 is 11.3 Å². The summed E-state index contributed by atoms with van der Waals surface area (Å²) in [5, 5.41) is 14.2. The second-order valence-corrected chi connectivity index (χ2v) is 6.40. The van der Waals surface area contributed by atoms with Crippen LogP contribution in [0.25, 0.3) is 21.7 Å². The Hall–Kier alpha value is -3.06. The number of thiazole rings is 1. The van der Waals surface area contributed by atoms with Crippen LogP contribution in [0.3, 0.4) is 0 Å². The van der Waals surface area contributed by atoms with Gasteiger partial charge in [0.15, 0.2) is 11.1 Å². The Bertz CT molecular complexity index is 824. The van der Waals surface area contributed by atoms with Crippen molar-refractivity contribution >= 4 is 22.4 Å². The van der Waals surface area contributed by atoms with Gasteiger partial charge in [0.1, 0.15) is 11.5 Å². The van der Waals surface area contributed by atoms with E-state index in [1.165, 1.54) is 11.3 Å². The van der Waals surface area contributed by atoms with E-state index in [1.807, 2.05) is 48.5 Å². The molecule has 0 amide bonds. The molecule has 0 atom stereocenters. The molecule has 0 saturated carbocycles. The van der Waals surface area contributed by atoms with Crippen molar-refractivity contribution in [3.8, 4) is 33.2 Å². The van der Waals surface area contributed by atoms with Crippen LogP contribution in [0.1, 0.15) is 0 Å². The van der Waals surface area contributed by atoms with Gasteiger partial charge in [0.05, 0.1) is 24.8 Å². The number of benzene rings is 2. The second-order valence-electron chi connectivity index (χ2n) is 5.40. The topological polar surface area (TPSA) is 79.3 Å². The van der Waals surface area contributed by atoms with Gasteiger partial charge in [0.25, 0.3) is 0 Å². The van der Waals surface area contributed by atoms with Gasteiger partial charge in [-0.05, 0) is 54.1 Å². The molecule has 0 aliphatic heterocycles. The average molecular weight is 368 g/mol. The number of hydrogen-bond donors (Lipinski definition) is 3. The van der Waals surface area contributed by atoms with Gasteiger partial charge in [-0.15, -0.1) is 0 Å². The second kappa shape index (κ2) is 7.88. The fourth-order valence-electron chi connectivity index (χ4n) is 2.43. The molecular formula is C19H20N4O2S. The molecule has 0 bridgehead atoms. The molecule has 3 aromatic rings. The predicted octanol–water partition coefficient (Wildman–Crippen LogP) is 4.06. The summed E-state index contributed by atoms with van der Waals surface area (Å²) in [7, 11) is 4.99. The first-order valence-electron chi connectivity index (χ1n) is 7.97.